The molecule has 4 heteroatoms. The van der Waals surface area contributed by atoms with Gasteiger partial charge >= 0.3 is 5.97 Å². The second-order valence-corrected chi connectivity index (χ2v) is 6.00. The number of fused-ring (bicyclic) bond motifs is 1. The lowest BCUT2D eigenvalue weighted by atomic mass is 9.96. The van der Waals surface area contributed by atoms with Gasteiger partial charge in [0.05, 0.1) is 5.41 Å². The number of thioether (sulfide) groups is 1. The molecule has 1 aromatic rings. The molecule has 0 bridgehead atoms. The molecule has 0 aromatic heterocycles. The van der Waals surface area contributed by atoms with Gasteiger partial charge in [-0.1, -0.05) is 6.07 Å². The number of benzene rings is 1. The number of anilines is 1. The van der Waals surface area contributed by atoms with Crippen LogP contribution in [0, 0.1) is 5.41 Å². The Hall–Kier alpha value is -1.16. The van der Waals surface area contributed by atoms with Crippen LogP contribution in [0.5, 0.6) is 0 Å². The maximum absolute atomic E-state index is 11.2. The van der Waals surface area contributed by atoms with Crippen LogP contribution in [-0.4, -0.2) is 23.4 Å². The topological polar surface area (TPSA) is 49.3 Å². The van der Waals surface area contributed by atoms with Crippen molar-refractivity contribution in [3.05, 3.63) is 23.8 Å². The van der Waals surface area contributed by atoms with Crippen molar-refractivity contribution in [1.82, 2.24) is 0 Å². The van der Waals surface area contributed by atoms with Crippen molar-refractivity contribution < 1.29 is 9.90 Å². The maximum Gasteiger partial charge on any atom is 0.309 e. The van der Waals surface area contributed by atoms with E-state index in [0.29, 0.717) is 6.42 Å². The lowest BCUT2D eigenvalue weighted by Gasteiger charge is -2.19. The Balaban J connectivity index is 1.82. The van der Waals surface area contributed by atoms with Gasteiger partial charge in [0.25, 0.3) is 0 Å². The van der Waals surface area contributed by atoms with E-state index in [1.54, 1.807) is 0 Å². The zero-order chi connectivity index (χ0) is 11.9. The number of carbonyl (C=O) groups is 1. The zero-order valence-electron chi connectivity index (χ0n) is 9.53. The van der Waals surface area contributed by atoms with Crippen LogP contribution in [0.1, 0.15) is 18.4 Å². The average molecular weight is 249 g/mol. The molecule has 1 aromatic carbocycles. The van der Waals surface area contributed by atoms with E-state index in [4.69, 9.17) is 0 Å². The predicted molar refractivity (Wildman–Crippen MR) is 68.7 cm³/mol. The summed E-state index contributed by atoms with van der Waals surface area (Å²) in [5.74, 6) is 0.461. The van der Waals surface area contributed by atoms with E-state index in [9.17, 15) is 9.90 Å². The SMILES string of the molecule is O=C(O)C1(Cc2ccc3c(c2)NCCS3)CC1. The Kier molecular flexibility index (Phi) is 2.54. The number of carboxylic acid groups (broad SMARTS) is 1. The number of hydrogen-bond acceptors (Lipinski definition) is 3. The van der Waals surface area contributed by atoms with Gasteiger partial charge in [-0.2, -0.15) is 0 Å². The monoisotopic (exact) mass is 249 g/mol. The van der Waals surface area contributed by atoms with Crippen molar-refractivity contribution in [3.8, 4) is 0 Å². The summed E-state index contributed by atoms with van der Waals surface area (Å²) in [6.07, 6.45) is 2.31. The molecule has 2 N–H and O–H groups in total. The molecular formula is C13H15NO2S. The summed E-state index contributed by atoms with van der Waals surface area (Å²) in [6, 6.07) is 6.30. The third-order valence-electron chi connectivity index (χ3n) is 3.57. The Labute approximate surface area is 105 Å². The van der Waals surface area contributed by atoms with Crippen LogP contribution in [0.4, 0.5) is 5.69 Å². The van der Waals surface area contributed by atoms with E-state index in [-0.39, 0.29) is 0 Å². The van der Waals surface area contributed by atoms with Gasteiger partial charge in [0, 0.05) is 22.9 Å². The van der Waals surface area contributed by atoms with Crippen LogP contribution in [0.15, 0.2) is 23.1 Å². The van der Waals surface area contributed by atoms with Crippen molar-refractivity contribution in [3.63, 3.8) is 0 Å². The Morgan fingerprint density at radius 1 is 1.47 bits per heavy atom. The molecule has 0 saturated heterocycles. The average Bonchev–Trinajstić information content (AvgIpc) is 3.10. The molecule has 3 nitrogen and oxygen atoms in total. The van der Waals surface area contributed by atoms with Gasteiger partial charge < -0.3 is 10.4 Å². The van der Waals surface area contributed by atoms with Gasteiger partial charge in [0.1, 0.15) is 0 Å². The van der Waals surface area contributed by atoms with Gasteiger partial charge in [-0.3, -0.25) is 4.79 Å². The number of nitrogens with one attached hydrogen (secondary N) is 1. The standard InChI is InChI=1S/C13H15NO2S/c15-12(16)13(3-4-13)8-9-1-2-11-10(7-9)14-5-6-17-11/h1-2,7,14H,3-6,8H2,(H,15,16). The second kappa shape index (κ2) is 3.95. The van der Waals surface area contributed by atoms with E-state index in [0.717, 1.165) is 30.7 Å². The molecule has 0 atom stereocenters. The summed E-state index contributed by atoms with van der Waals surface area (Å²) in [4.78, 5) is 12.4. The van der Waals surface area contributed by atoms with E-state index >= 15 is 0 Å². The van der Waals surface area contributed by atoms with Crippen LogP contribution in [0.3, 0.4) is 0 Å². The summed E-state index contributed by atoms with van der Waals surface area (Å²) in [6.45, 7) is 0.991. The first-order valence-corrected chi connectivity index (χ1v) is 6.91. The van der Waals surface area contributed by atoms with Gasteiger partial charge in [0.15, 0.2) is 0 Å². The third kappa shape index (κ3) is 2.02. The number of aliphatic carboxylic acids is 1. The summed E-state index contributed by atoms with van der Waals surface area (Å²) in [5.41, 5.74) is 1.84. The maximum atomic E-state index is 11.2. The number of rotatable bonds is 3. The summed E-state index contributed by atoms with van der Waals surface area (Å²) >= 11 is 1.86. The molecule has 0 radical (unpaired) electrons. The lowest BCUT2D eigenvalue weighted by Crippen LogP contribution is -2.18. The first-order valence-electron chi connectivity index (χ1n) is 5.93. The molecule has 3 rings (SSSR count). The largest absolute Gasteiger partial charge is 0.481 e. The molecule has 0 amide bonds. The van der Waals surface area contributed by atoms with Crippen LogP contribution in [0.2, 0.25) is 0 Å². The van der Waals surface area contributed by atoms with Crippen LogP contribution < -0.4 is 5.32 Å². The quantitative estimate of drug-likeness (QED) is 0.864. The third-order valence-corrected chi connectivity index (χ3v) is 4.64. The van der Waals surface area contributed by atoms with Gasteiger partial charge in [0.2, 0.25) is 0 Å². The highest BCUT2D eigenvalue weighted by atomic mass is 32.2. The van der Waals surface area contributed by atoms with Crippen LogP contribution >= 0.6 is 11.8 Å². The van der Waals surface area contributed by atoms with E-state index in [1.165, 1.54) is 10.6 Å². The fourth-order valence-electron chi connectivity index (χ4n) is 2.31. The summed E-state index contributed by atoms with van der Waals surface area (Å²) < 4.78 is 0. The molecule has 17 heavy (non-hydrogen) atoms. The lowest BCUT2D eigenvalue weighted by molar-refractivity contribution is -0.143. The molecule has 1 fully saturated rings. The fraction of sp³-hybridized carbons (Fsp3) is 0.462. The normalized spacial score (nSPS) is 20.2. The van der Waals surface area contributed by atoms with Crippen molar-refractivity contribution in [2.24, 2.45) is 5.41 Å². The molecule has 2 aliphatic rings. The van der Waals surface area contributed by atoms with E-state index in [2.05, 4.69) is 23.5 Å². The Morgan fingerprint density at radius 2 is 2.29 bits per heavy atom. The molecule has 90 valence electrons. The van der Waals surface area contributed by atoms with Gasteiger partial charge in [-0.05, 0) is 37.0 Å². The molecule has 1 heterocycles. The minimum atomic E-state index is -0.641. The fourth-order valence-corrected chi connectivity index (χ4v) is 3.18. The van der Waals surface area contributed by atoms with Crippen molar-refractivity contribution >= 4 is 23.4 Å². The Bertz CT molecular complexity index is 468. The van der Waals surface area contributed by atoms with Gasteiger partial charge in [-0.25, -0.2) is 0 Å². The first kappa shape index (κ1) is 11.0. The summed E-state index contributed by atoms with van der Waals surface area (Å²) in [7, 11) is 0. The highest BCUT2D eigenvalue weighted by Crippen LogP contribution is 2.49. The molecular weight excluding hydrogens is 234 g/mol. The molecule has 0 unspecified atom stereocenters. The van der Waals surface area contributed by atoms with E-state index < -0.39 is 11.4 Å². The molecule has 1 aliphatic heterocycles. The first-order chi connectivity index (χ1) is 8.20. The second-order valence-electron chi connectivity index (χ2n) is 4.87. The van der Waals surface area contributed by atoms with Crippen molar-refractivity contribution in [1.29, 1.82) is 0 Å². The Morgan fingerprint density at radius 3 is 3.00 bits per heavy atom. The highest BCUT2D eigenvalue weighted by Gasteiger charge is 2.49. The zero-order valence-corrected chi connectivity index (χ0v) is 10.3. The van der Waals surface area contributed by atoms with Crippen LogP contribution in [-0.2, 0) is 11.2 Å². The number of carboxylic acids is 1. The van der Waals surface area contributed by atoms with Crippen molar-refractivity contribution in [2.75, 3.05) is 17.6 Å². The smallest absolute Gasteiger partial charge is 0.309 e. The summed E-state index contributed by atoms with van der Waals surface area (Å²) in [5, 5.41) is 12.6. The molecule has 1 saturated carbocycles. The highest BCUT2D eigenvalue weighted by molar-refractivity contribution is 7.99. The number of hydrogen-bond donors (Lipinski definition) is 2. The minimum absolute atomic E-state index is 0.462. The molecule has 1 aliphatic carbocycles. The van der Waals surface area contributed by atoms with Crippen molar-refractivity contribution in [2.45, 2.75) is 24.2 Å². The van der Waals surface area contributed by atoms with Crippen LogP contribution in [0.25, 0.3) is 0 Å². The minimum Gasteiger partial charge on any atom is -0.481 e. The molecule has 0 spiro atoms. The van der Waals surface area contributed by atoms with Gasteiger partial charge in [-0.15, -0.1) is 11.8 Å². The predicted octanol–water partition coefficient (Wildman–Crippen LogP) is 2.61. The van der Waals surface area contributed by atoms with E-state index in [1.807, 2.05) is 11.8 Å².